The monoisotopic (exact) mass is 1340 g/mol. The van der Waals surface area contributed by atoms with E-state index < -0.39 is 67.4 Å². The molecule has 11 heteroatoms. The summed E-state index contributed by atoms with van der Waals surface area (Å²) in [4.78, 5) is 26.8. The molecule has 6 N–H and O–H groups in total. The number of carbonyl (C=O) groups is 2. The maximum atomic E-state index is 13.6. The summed E-state index contributed by atoms with van der Waals surface area (Å²) in [5.41, 5.74) is 0. The van der Waals surface area contributed by atoms with E-state index in [-0.39, 0.29) is 13.0 Å². The molecule has 0 aromatic carbocycles. The second-order valence-electron chi connectivity index (χ2n) is 28.5. The molecule has 556 valence electrons. The van der Waals surface area contributed by atoms with Crippen LogP contribution in [0, 0.1) is 0 Å². The van der Waals surface area contributed by atoms with E-state index in [0.29, 0.717) is 19.3 Å². The molecule has 0 aromatic rings. The normalized spacial score (nSPS) is 18.0. The van der Waals surface area contributed by atoms with E-state index in [4.69, 9.17) is 14.2 Å². The molecule has 0 spiro atoms. The molecule has 1 aliphatic rings. The minimum atomic E-state index is -1.61. The van der Waals surface area contributed by atoms with Crippen LogP contribution >= 0.6 is 0 Å². The Bertz CT molecular complexity index is 1780. The van der Waals surface area contributed by atoms with Crippen LogP contribution in [0.3, 0.4) is 0 Å². The molecule has 0 saturated carbocycles. The topological polar surface area (TPSA) is 175 Å². The molecule has 1 saturated heterocycles. The molecule has 1 aliphatic heterocycles. The number of nitrogens with one attached hydrogen (secondary N) is 1. The summed E-state index contributed by atoms with van der Waals surface area (Å²) < 4.78 is 17.8. The number of carbonyl (C=O) groups excluding carboxylic acids is 2. The quantitative estimate of drug-likeness (QED) is 0.0195. The molecular formula is C84H155NO10. The molecule has 11 nitrogen and oxygen atoms in total. The molecule has 0 bridgehead atoms. The van der Waals surface area contributed by atoms with Gasteiger partial charge in [0.25, 0.3) is 0 Å². The number of aliphatic hydroxyl groups is 5. The largest absolute Gasteiger partial charge is 0.454 e. The summed E-state index contributed by atoms with van der Waals surface area (Å²) in [5.74, 6) is -1.18. The van der Waals surface area contributed by atoms with Gasteiger partial charge in [0.15, 0.2) is 12.4 Å². The Balaban J connectivity index is 2.48. The Hall–Kier alpha value is -2.64. The van der Waals surface area contributed by atoms with E-state index in [1.807, 2.05) is 6.08 Å². The average molecular weight is 1340 g/mol. The minimum absolute atomic E-state index is 0.127. The van der Waals surface area contributed by atoms with Crippen molar-refractivity contribution in [3.8, 4) is 0 Å². The molecular weight excluding hydrogens is 1180 g/mol. The Morgan fingerprint density at radius 2 is 0.726 bits per heavy atom. The van der Waals surface area contributed by atoms with Crippen LogP contribution in [0.5, 0.6) is 0 Å². The zero-order chi connectivity index (χ0) is 68.8. The van der Waals surface area contributed by atoms with Crippen molar-refractivity contribution in [3.05, 3.63) is 60.8 Å². The molecule has 0 aromatic heterocycles. The van der Waals surface area contributed by atoms with Crippen molar-refractivity contribution in [1.82, 2.24) is 5.32 Å². The van der Waals surface area contributed by atoms with E-state index in [2.05, 4.69) is 74.7 Å². The second kappa shape index (κ2) is 71.2. The van der Waals surface area contributed by atoms with Crippen molar-refractivity contribution < 1.29 is 49.3 Å². The number of aliphatic hydroxyl groups excluding tert-OH is 5. The Labute approximate surface area is 586 Å². The van der Waals surface area contributed by atoms with Crippen LogP contribution in [0.25, 0.3) is 0 Å². The number of amides is 1. The molecule has 0 radical (unpaired) electrons. The van der Waals surface area contributed by atoms with Gasteiger partial charge in [0.05, 0.1) is 25.4 Å². The van der Waals surface area contributed by atoms with Crippen molar-refractivity contribution in [2.24, 2.45) is 0 Å². The van der Waals surface area contributed by atoms with Crippen LogP contribution in [0.2, 0.25) is 0 Å². The summed E-state index contributed by atoms with van der Waals surface area (Å²) in [6, 6.07) is -1.02. The Morgan fingerprint density at radius 1 is 0.411 bits per heavy atom. The number of ether oxygens (including phenoxy) is 3. The lowest BCUT2D eigenvalue weighted by Gasteiger charge is -2.41. The van der Waals surface area contributed by atoms with Crippen molar-refractivity contribution in [1.29, 1.82) is 0 Å². The minimum Gasteiger partial charge on any atom is -0.454 e. The molecule has 1 amide bonds. The standard InChI is InChI=1S/C84H155NO10/c1-4-7-10-13-16-19-22-25-27-29-31-33-35-37-39-41-43-45-47-49-51-54-57-60-63-66-69-72-79(89)95-82-81(91)80(90)78(73-86)94-84(82)93-74-75(76(87)70-67-64-61-58-55-52-24-21-18-15-12-9-6-3)85-83(92)77(88)71-68-65-62-59-56-53-50-48-46-44-42-40-38-36-34-32-30-28-26-23-20-17-14-11-8-5-2/h16-17,19-20,25-28,67,70,75-78,80-82,84,86-88,90-91H,4-15,18,21-24,29-66,68-69,71-74H2,1-3H3,(H,85,92)/b19-16-,20-17-,27-25-,28-26-,70-67+. The van der Waals surface area contributed by atoms with E-state index in [0.717, 1.165) is 70.6 Å². The first-order valence-electron chi connectivity index (χ1n) is 41.1. The second-order valence-corrected chi connectivity index (χ2v) is 28.5. The number of hydrogen-bond acceptors (Lipinski definition) is 10. The molecule has 0 aliphatic carbocycles. The highest BCUT2D eigenvalue weighted by Crippen LogP contribution is 2.27. The van der Waals surface area contributed by atoms with Crippen LogP contribution < -0.4 is 5.32 Å². The fraction of sp³-hybridized carbons (Fsp3) is 0.857. The Morgan fingerprint density at radius 3 is 1.09 bits per heavy atom. The smallest absolute Gasteiger partial charge is 0.306 e. The van der Waals surface area contributed by atoms with Crippen LogP contribution in [-0.4, -0.2) is 99.6 Å². The zero-order valence-corrected chi connectivity index (χ0v) is 62.3. The summed E-state index contributed by atoms with van der Waals surface area (Å²) in [5, 5.41) is 57.5. The average Bonchev–Trinajstić information content (AvgIpc) is 0.823. The lowest BCUT2D eigenvalue weighted by Crippen LogP contribution is -2.61. The molecule has 95 heavy (non-hydrogen) atoms. The molecule has 8 atom stereocenters. The zero-order valence-electron chi connectivity index (χ0n) is 62.3. The van der Waals surface area contributed by atoms with Gasteiger partial charge in [-0.2, -0.15) is 0 Å². The summed E-state index contributed by atoms with van der Waals surface area (Å²) >= 11 is 0. The van der Waals surface area contributed by atoms with Gasteiger partial charge < -0.3 is 45.1 Å². The van der Waals surface area contributed by atoms with E-state index in [9.17, 15) is 35.1 Å². The van der Waals surface area contributed by atoms with Crippen LogP contribution in [-0.2, 0) is 23.8 Å². The molecule has 8 unspecified atom stereocenters. The van der Waals surface area contributed by atoms with Gasteiger partial charge >= 0.3 is 5.97 Å². The van der Waals surface area contributed by atoms with E-state index in [1.165, 1.54) is 283 Å². The third-order valence-corrected chi connectivity index (χ3v) is 19.4. The van der Waals surface area contributed by atoms with Gasteiger partial charge in [-0.25, -0.2) is 0 Å². The van der Waals surface area contributed by atoms with E-state index in [1.54, 1.807) is 6.08 Å². The SMILES string of the molecule is CCCCC/C=C\C/C=C\CCCCCCCCCCCCCCCCCCCC(=O)OC1C(OCC(NC(=O)C(O)CCCCCCCCCCCCCCCCCC/C=C\C/C=C\CCCCC)C(O)/C=C/CCCCCCCCCCCCC)OC(CO)C(O)C1O. The van der Waals surface area contributed by atoms with Gasteiger partial charge in [0.2, 0.25) is 5.91 Å². The number of esters is 1. The Kier molecular flexibility index (Phi) is 67.7. The van der Waals surface area contributed by atoms with E-state index >= 15 is 0 Å². The fourth-order valence-electron chi connectivity index (χ4n) is 13.0. The fourth-order valence-corrected chi connectivity index (χ4v) is 13.0. The number of allylic oxidation sites excluding steroid dienone is 9. The van der Waals surface area contributed by atoms with Crippen LogP contribution in [0.4, 0.5) is 0 Å². The lowest BCUT2D eigenvalue weighted by atomic mass is 9.99. The third kappa shape index (κ3) is 57.8. The molecule has 1 heterocycles. The number of rotatable bonds is 72. The predicted octanol–water partition coefficient (Wildman–Crippen LogP) is 22.4. The van der Waals surface area contributed by atoms with Crippen molar-refractivity contribution in [2.75, 3.05) is 13.2 Å². The highest BCUT2D eigenvalue weighted by molar-refractivity contribution is 5.80. The maximum absolute atomic E-state index is 13.6. The number of unbranched alkanes of at least 4 members (excludes halogenated alkanes) is 50. The highest BCUT2D eigenvalue weighted by atomic mass is 16.7. The van der Waals surface area contributed by atoms with Gasteiger partial charge in [-0.1, -0.05) is 364 Å². The van der Waals surface area contributed by atoms with Gasteiger partial charge in [-0.15, -0.1) is 0 Å². The lowest BCUT2D eigenvalue weighted by molar-refractivity contribution is -0.305. The summed E-state index contributed by atoms with van der Waals surface area (Å²) in [7, 11) is 0. The summed E-state index contributed by atoms with van der Waals surface area (Å²) in [6.07, 6.45) is 82.8. The van der Waals surface area contributed by atoms with Gasteiger partial charge in [0.1, 0.15) is 24.4 Å². The maximum Gasteiger partial charge on any atom is 0.306 e. The first-order valence-corrected chi connectivity index (χ1v) is 41.1. The van der Waals surface area contributed by atoms with Crippen LogP contribution in [0.15, 0.2) is 60.8 Å². The highest BCUT2D eigenvalue weighted by Gasteiger charge is 2.47. The van der Waals surface area contributed by atoms with Gasteiger partial charge in [-0.05, 0) is 89.9 Å². The first kappa shape index (κ1) is 90.4. The summed E-state index contributed by atoms with van der Waals surface area (Å²) in [6.45, 7) is 5.82. The van der Waals surface area contributed by atoms with Crippen molar-refractivity contribution in [2.45, 2.75) is 449 Å². The van der Waals surface area contributed by atoms with Gasteiger partial charge in [0, 0.05) is 6.42 Å². The number of hydrogen-bond donors (Lipinski definition) is 6. The molecule has 1 rings (SSSR count). The third-order valence-electron chi connectivity index (χ3n) is 19.4. The predicted molar refractivity (Wildman–Crippen MR) is 403 cm³/mol. The van der Waals surface area contributed by atoms with Crippen molar-refractivity contribution in [3.63, 3.8) is 0 Å². The van der Waals surface area contributed by atoms with Crippen molar-refractivity contribution >= 4 is 11.9 Å². The van der Waals surface area contributed by atoms with Gasteiger partial charge in [-0.3, -0.25) is 9.59 Å². The van der Waals surface area contributed by atoms with Crippen LogP contribution in [0.1, 0.15) is 400 Å². The molecule has 1 fully saturated rings. The first-order chi connectivity index (χ1) is 46.7.